The van der Waals surface area contributed by atoms with Gasteiger partial charge in [-0.15, -0.1) is 0 Å². The predicted molar refractivity (Wildman–Crippen MR) is 82.8 cm³/mol. The van der Waals surface area contributed by atoms with E-state index in [4.69, 9.17) is 15.5 Å². The van der Waals surface area contributed by atoms with E-state index in [1.165, 1.54) is 5.52 Å². The molecule has 4 heteroatoms. The van der Waals surface area contributed by atoms with Gasteiger partial charge < -0.3 is 15.0 Å². The van der Waals surface area contributed by atoms with E-state index in [1.807, 2.05) is 6.92 Å². The third kappa shape index (κ3) is 3.02. The number of fused-ring (bicyclic) bond motifs is 1. The van der Waals surface area contributed by atoms with E-state index in [1.54, 1.807) is 0 Å². The van der Waals surface area contributed by atoms with E-state index in [-0.39, 0.29) is 5.54 Å². The van der Waals surface area contributed by atoms with Crippen molar-refractivity contribution in [1.82, 2.24) is 9.55 Å². The summed E-state index contributed by atoms with van der Waals surface area (Å²) >= 11 is 0. The maximum absolute atomic E-state index is 5.72. The molecule has 20 heavy (non-hydrogen) atoms. The Morgan fingerprint density at radius 1 is 1.30 bits per heavy atom. The van der Waals surface area contributed by atoms with E-state index >= 15 is 0 Å². The van der Waals surface area contributed by atoms with Gasteiger partial charge in [0.25, 0.3) is 0 Å². The fourth-order valence-electron chi connectivity index (χ4n) is 2.53. The predicted octanol–water partition coefficient (Wildman–Crippen LogP) is 2.83. The molecule has 2 rings (SSSR count). The molecule has 0 aliphatic heterocycles. The van der Waals surface area contributed by atoms with Gasteiger partial charge in [-0.25, -0.2) is 4.98 Å². The van der Waals surface area contributed by atoms with Crippen molar-refractivity contribution in [3.8, 4) is 0 Å². The minimum absolute atomic E-state index is 0.000525. The van der Waals surface area contributed by atoms with Crippen molar-refractivity contribution in [1.29, 1.82) is 0 Å². The molecule has 1 aromatic carbocycles. The molecule has 0 unspecified atom stereocenters. The average Bonchev–Trinajstić information content (AvgIpc) is 2.75. The van der Waals surface area contributed by atoms with Crippen LogP contribution in [0.5, 0.6) is 0 Å². The number of ether oxygens (including phenoxy) is 1. The molecule has 0 spiro atoms. The number of imidazole rings is 1. The Kier molecular flexibility index (Phi) is 4.45. The van der Waals surface area contributed by atoms with Gasteiger partial charge in [0, 0.05) is 25.1 Å². The molecule has 0 fully saturated rings. The van der Waals surface area contributed by atoms with Crippen molar-refractivity contribution < 1.29 is 4.74 Å². The Labute approximate surface area is 120 Å². The molecule has 0 radical (unpaired) electrons. The molecule has 2 N–H and O–H groups in total. The molecule has 1 heterocycles. The third-order valence-electron chi connectivity index (χ3n) is 3.37. The molecule has 0 bridgehead atoms. The van der Waals surface area contributed by atoms with Crippen molar-refractivity contribution in [3.05, 3.63) is 29.6 Å². The lowest BCUT2D eigenvalue weighted by Gasteiger charge is -2.24. The quantitative estimate of drug-likeness (QED) is 0.854. The Balaban J connectivity index is 2.48. The van der Waals surface area contributed by atoms with Gasteiger partial charge in [-0.1, -0.05) is 6.07 Å². The second-order valence-electron chi connectivity index (χ2n) is 6.01. The summed E-state index contributed by atoms with van der Waals surface area (Å²) in [5.41, 5.74) is 9.02. The van der Waals surface area contributed by atoms with E-state index in [9.17, 15) is 0 Å². The van der Waals surface area contributed by atoms with Crippen LogP contribution in [-0.2, 0) is 23.2 Å². The Morgan fingerprint density at radius 3 is 2.65 bits per heavy atom. The Hall–Kier alpha value is -1.39. The molecular formula is C16H25N3O. The highest BCUT2D eigenvalue weighted by Crippen LogP contribution is 2.26. The zero-order valence-electron chi connectivity index (χ0n) is 12.9. The lowest BCUT2D eigenvalue weighted by Crippen LogP contribution is -2.24. The van der Waals surface area contributed by atoms with Crippen molar-refractivity contribution in [3.63, 3.8) is 0 Å². The summed E-state index contributed by atoms with van der Waals surface area (Å²) in [6.45, 7) is 10.6. The molecule has 0 aliphatic rings. The monoisotopic (exact) mass is 275 g/mol. The minimum Gasteiger partial charge on any atom is -0.381 e. The number of nitrogens with zero attached hydrogens (tertiary/aromatic N) is 2. The number of rotatable bonds is 5. The zero-order valence-corrected chi connectivity index (χ0v) is 12.9. The first-order chi connectivity index (χ1) is 9.47. The van der Waals surface area contributed by atoms with E-state index in [0.717, 1.165) is 29.9 Å². The second kappa shape index (κ2) is 5.94. The minimum atomic E-state index is 0.000525. The van der Waals surface area contributed by atoms with Crippen molar-refractivity contribution >= 4 is 11.0 Å². The molecule has 0 amide bonds. The molecular weight excluding hydrogens is 250 g/mol. The first-order valence-electron chi connectivity index (χ1n) is 7.26. The molecule has 0 aliphatic carbocycles. The second-order valence-corrected chi connectivity index (χ2v) is 6.01. The molecule has 110 valence electrons. The van der Waals surface area contributed by atoms with Crippen LogP contribution in [0.4, 0.5) is 0 Å². The standard InChI is InChI=1S/C16H25N3O/c1-5-20-9-8-15-18-13-10-12(11-17)6-7-14(13)19(15)16(2,3)4/h6-7,10H,5,8-9,11,17H2,1-4H3. The summed E-state index contributed by atoms with van der Waals surface area (Å²) < 4.78 is 7.78. The maximum atomic E-state index is 5.72. The summed E-state index contributed by atoms with van der Waals surface area (Å²) in [6, 6.07) is 6.29. The van der Waals surface area contributed by atoms with Crippen LogP contribution < -0.4 is 5.73 Å². The lowest BCUT2D eigenvalue weighted by atomic mass is 10.1. The van der Waals surface area contributed by atoms with Gasteiger partial charge in [0.05, 0.1) is 17.6 Å². The normalized spacial score (nSPS) is 12.2. The molecule has 4 nitrogen and oxygen atoms in total. The maximum Gasteiger partial charge on any atom is 0.112 e. The first kappa shape index (κ1) is 15.0. The molecule has 0 atom stereocenters. The number of hydrogen-bond donors (Lipinski definition) is 1. The van der Waals surface area contributed by atoms with Gasteiger partial charge in [0.15, 0.2) is 0 Å². The van der Waals surface area contributed by atoms with Crippen LogP contribution in [0.3, 0.4) is 0 Å². The highest BCUT2D eigenvalue weighted by Gasteiger charge is 2.21. The molecule has 2 aromatic rings. The van der Waals surface area contributed by atoms with Crippen LogP contribution in [0.15, 0.2) is 18.2 Å². The number of hydrogen-bond acceptors (Lipinski definition) is 3. The first-order valence-corrected chi connectivity index (χ1v) is 7.26. The fraction of sp³-hybridized carbons (Fsp3) is 0.562. The highest BCUT2D eigenvalue weighted by molar-refractivity contribution is 5.77. The van der Waals surface area contributed by atoms with Crippen LogP contribution >= 0.6 is 0 Å². The van der Waals surface area contributed by atoms with Gasteiger partial charge in [-0.2, -0.15) is 0 Å². The van der Waals surface area contributed by atoms with Gasteiger partial charge in [-0.3, -0.25) is 0 Å². The fourth-order valence-corrected chi connectivity index (χ4v) is 2.53. The van der Waals surface area contributed by atoms with Crippen molar-refractivity contribution in [2.24, 2.45) is 5.73 Å². The summed E-state index contributed by atoms with van der Waals surface area (Å²) in [5.74, 6) is 1.08. The SMILES string of the molecule is CCOCCc1nc2cc(CN)ccc2n1C(C)(C)C. The molecule has 0 saturated carbocycles. The Morgan fingerprint density at radius 2 is 2.05 bits per heavy atom. The largest absolute Gasteiger partial charge is 0.381 e. The van der Waals surface area contributed by atoms with E-state index in [2.05, 4.69) is 43.5 Å². The number of aromatic nitrogens is 2. The molecule has 0 saturated heterocycles. The van der Waals surface area contributed by atoms with E-state index < -0.39 is 0 Å². The lowest BCUT2D eigenvalue weighted by molar-refractivity contribution is 0.148. The smallest absolute Gasteiger partial charge is 0.112 e. The van der Waals surface area contributed by atoms with Crippen LogP contribution in [0, 0.1) is 0 Å². The van der Waals surface area contributed by atoms with Crippen LogP contribution in [0.1, 0.15) is 39.1 Å². The van der Waals surface area contributed by atoms with Crippen molar-refractivity contribution in [2.45, 2.75) is 46.2 Å². The highest BCUT2D eigenvalue weighted by atomic mass is 16.5. The van der Waals surface area contributed by atoms with Gasteiger partial charge in [-0.05, 0) is 45.4 Å². The van der Waals surface area contributed by atoms with Gasteiger partial charge >= 0.3 is 0 Å². The Bertz CT molecular complexity index is 581. The average molecular weight is 275 g/mol. The van der Waals surface area contributed by atoms with E-state index in [0.29, 0.717) is 13.2 Å². The number of benzene rings is 1. The van der Waals surface area contributed by atoms with Crippen LogP contribution in [0.25, 0.3) is 11.0 Å². The van der Waals surface area contributed by atoms with Crippen LogP contribution in [-0.4, -0.2) is 22.8 Å². The summed E-state index contributed by atoms with van der Waals surface area (Å²) in [5, 5.41) is 0. The van der Waals surface area contributed by atoms with Gasteiger partial charge in [0.2, 0.25) is 0 Å². The summed E-state index contributed by atoms with van der Waals surface area (Å²) in [6.07, 6.45) is 0.831. The van der Waals surface area contributed by atoms with Crippen LogP contribution in [0.2, 0.25) is 0 Å². The number of nitrogens with two attached hydrogens (primary N) is 1. The van der Waals surface area contributed by atoms with Gasteiger partial charge in [0.1, 0.15) is 5.82 Å². The summed E-state index contributed by atoms with van der Waals surface area (Å²) in [4.78, 5) is 4.79. The topological polar surface area (TPSA) is 53.1 Å². The summed E-state index contributed by atoms with van der Waals surface area (Å²) in [7, 11) is 0. The van der Waals surface area contributed by atoms with Crippen molar-refractivity contribution in [2.75, 3.05) is 13.2 Å². The molecule has 1 aromatic heterocycles. The third-order valence-corrected chi connectivity index (χ3v) is 3.37. The zero-order chi connectivity index (χ0) is 14.8.